The summed E-state index contributed by atoms with van der Waals surface area (Å²) in [6, 6.07) is 7.22. The lowest BCUT2D eigenvalue weighted by molar-refractivity contribution is -0.117. The van der Waals surface area contributed by atoms with E-state index in [2.05, 4.69) is 5.32 Å². The highest BCUT2D eigenvalue weighted by atomic mass is 35.5. The monoisotopic (exact) mass is 277 g/mol. The third-order valence-electron chi connectivity index (χ3n) is 2.55. The van der Waals surface area contributed by atoms with Gasteiger partial charge in [-0.1, -0.05) is 29.8 Å². The summed E-state index contributed by atoms with van der Waals surface area (Å²) in [5.41, 5.74) is 7.08. The molecule has 4 nitrogen and oxygen atoms in total. The van der Waals surface area contributed by atoms with Crippen LogP contribution in [0, 0.1) is 5.41 Å². The molecule has 19 heavy (non-hydrogen) atoms. The second-order valence-corrected chi connectivity index (χ2v) is 4.21. The predicted molar refractivity (Wildman–Crippen MR) is 78.1 cm³/mol. The first kappa shape index (κ1) is 15.0. The van der Waals surface area contributed by atoms with Crippen molar-refractivity contribution in [3.05, 3.63) is 58.3 Å². The first-order valence-corrected chi connectivity index (χ1v) is 6.11. The molecule has 0 fully saturated rings. The maximum absolute atomic E-state index is 12.0. The summed E-state index contributed by atoms with van der Waals surface area (Å²) < 4.78 is 0. The van der Waals surface area contributed by atoms with E-state index in [4.69, 9.17) is 22.7 Å². The van der Waals surface area contributed by atoms with Crippen LogP contribution in [0.3, 0.4) is 0 Å². The summed E-state index contributed by atoms with van der Waals surface area (Å²) in [5.74, 6) is -0.266. The van der Waals surface area contributed by atoms with E-state index in [0.717, 1.165) is 11.8 Å². The number of halogens is 1. The predicted octanol–water partition coefficient (Wildman–Crippen LogP) is 2.39. The van der Waals surface area contributed by atoms with Gasteiger partial charge < -0.3 is 16.5 Å². The molecule has 5 heteroatoms. The van der Waals surface area contributed by atoms with Gasteiger partial charge in [-0.3, -0.25) is 4.79 Å². The smallest absolute Gasteiger partial charge is 0.251 e. The van der Waals surface area contributed by atoms with E-state index in [1.807, 2.05) is 12.1 Å². The number of rotatable bonds is 5. The van der Waals surface area contributed by atoms with Crippen LogP contribution in [0.4, 0.5) is 0 Å². The van der Waals surface area contributed by atoms with E-state index >= 15 is 0 Å². The molecule has 0 atom stereocenters. The van der Waals surface area contributed by atoms with Crippen molar-refractivity contribution >= 4 is 23.7 Å². The molecule has 0 heterocycles. The summed E-state index contributed by atoms with van der Waals surface area (Å²) in [6.45, 7) is 2.12. The molecule has 1 rings (SSSR count). The topological polar surface area (TPSA) is 79.0 Å². The zero-order valence-corrected chi connectivity index (χ0v) is 11.4. The van der Waals surface area contributed by atoms with Crippen molar-refractivity contribution in [2.75, 3.05) is 0 Å². The number of allylic oxidation sites excluding steroid dienone is 1. The molecule has 0 unspecified atom stereocenters. The normalized spacial score (nSPS) is 12.1. The SMILES string of the molecule is C/C=C(C(=O)NCc1ccc(Cl)cc1)/C(C=N)=C/N. The third kappa shape index (κ3) is 4.26. The minimum atomic E-state index is -0.266. The van der Waals surface area contributed by atoms with Gasteiger partial charge in [0.2, 0.25) is 0 Å². The molecule has 4 N–H and O–H groups in total. The van der Waals surface area contributed by atoms with Crippen LogP contribution in [-0.4, -0.2) is 12.1 Å². The van der Waals surface area contributed by atoms with Crippen molar-refractivity contribution < 1.29 is 4.79 Å². The van der Waals surface area contributed by atoms with Crippen LogP contribution >= 0.6 is 11.6 Å². The molecule has 1 amide bonds. The highest BCUT2D eigenvalue weighted by Gasteiger charge is 2.11. The third-order valence-corrected chi connectivity index (χ3v) is 2.80. The van der Waals surface area contributed by atoms with Crippen molar-refractivity contribution in [1.29, 1.82) is 5.41 Å². The van der Waals surface area contributed by atoms with Crippen LogP contribution < -0.4 is 11.1 Å². The van der Waals surface area contributed by atoms with E-state index in [0.29, 0.717) is 22.7 Å². The second kappa shape index (κ2) is 7.38. The molecule has 0 saturated heterocycles. The van der Waals surface area contributed by atoms with E-state index in [9.17, 15) is 4.79 Å². The fourth-order valence-corrected chi connectivity index (χ4v) is 1.65. The Hall–Kier alpha value is -2.07. The standard InChI is InChI=1S/C14H16ClN3O/c1-2-13(11(7-16)8-17)14(19)18-9-10-3-5-12(15)6-4-10/h2-8,16H,9,17H2,1H3,(H,18,19)/b11-8+,13-2-,16-7?. The Kier molecular flexibility index (Phi) is 5.82. The molecule has 0 saturated carbocycles. The van der Waals surface area contributed by atoms with Gasteiger partial charge in [-0.15, -0.1) is 0 Å². The largest absolute Gasteiger partial charge is 0.404 e. The summed E-state index contributed by atoms with van der Waals surface area (Å²) in [5, 5.41) is 10.6. The number of benzene rings is 1. The van der Waals surface area contributed by atoms with Gasteiger partial charge in [-0.2, -0.15) is 0 Å². The van der Waals surface area contributed by atoms with E-state index in [1.165, 1.54) is 6.20 Å². The Morgan fingerprint density at radius 3 is 2.53 bits per heavy atom. The molecule has 100 valence electrons. The van der Waals surface area contributed by atoms with Gasteiger partial charge in [0.1, 0.15) is 0 Å². The zero-order valence-electron chi connectivity index (χ0n) is 10.6. The van der Waals surface area contributed by atoms with Crippen molar-refractivity contribution in [3.8, 4) is 0 Å². The molecule has 0 radical (unpaired) electrons. The summed E-state index contributed by atoms with van der Waals surface area (Å²) in [6.07, 6.45) is 3.92. The summed E-state index contributed by atoms with van der Waals surface area (Å²) in [7, 11) is 0. The van der Waals surface area contributed by atoms with Crippen molar-refractivity contribution in [3.63, 3.8) is 0 Å². The van der Waals surface area contributed by atoms with Crippen LogP contribution in [0.15, 0.2) is 47.7 Å². The summed E-state index contributed by atoms with van der Waals surface area (Å²) >= 11 is 5.78. The Labute approximate surface area is 117 Å². The van der Waals surface area contributed by atoms with Crippen LogP contribution in [0.25, 0.3) is 0 Å². The number of hydrogen-bond donors (Lipinski definition) is 3. The van der Waals surface area contributed by atoms with Crippen LogP contribution in [0.5, 0.6) is 0 Å². The number of nitrogens with two attached hydrogens (primary N) is 1. The number of amides is 1. The number of carbonyl (C=O) groups is 1. The molecule has 0 spiro atoms. The van der Waals surface area contributed by atoms with Crippen molar-refractivity contribution in [1.82, 2.24) is 5.32 Å². The zero-order chi connectivity index (χ0) is 14.3. The molecule has 1 aromatic carbocycles. The molecule has 0 bridgehead atoms. The molecule has 0 aromatic heterocycles. The van der Waals surface area contributed by atoms with Gasteiger partial charge in [0.25, 0.3) is 5.91 Å². The average molecular weight is 278 g/mol. The minimum Gasteiger partial charge on any atom is -0.404 e. The average Bonchev–Trinajstić information content (AvgIpc) is 2.43. The lowest BCUT2D eigenvalue weighted by Crippen LogP contribution is -2.25. The molecule has 1 aromatic rings. The van der Waals surface area contributed by atoms with Gasteiger partial charge in [0, 0.05) is 35.1 Å². The van der Waals surface area contributed by atoms with Crippen LogP contribution in [0.2, 0.25) is 5.02 Å². The molecular formula is C14H16ClN3O. The second-order valence-electron chi connectivity index (χ2n) is 3.78. The Balaban J connectivity index is 2.69. The van der Waals surface area contributed by atoms with E-state index in [1.54, 1.807) is 25.1 Å². The highest BCUT2D eigenvalue weighted by molar-refractivity contribution is 6.30. The number of hydrogen-bond acceptors (Lipinski definition) is 3. The van der Waals surface area contributed by atoms with E-state index < -0.39 is 0 Å². The quantitative estimate of drug-likeness (QED) is 0.439. The van der Waals surface area contributed by atoms with Crippen molar-refractivity contribution in [2.24, 2.45) is 5.73 Å². The Bertz CT molecular complexity index is 518. The summed E-state index contributed by atoms with van der Waals surface area (Å²) in [4.78, 5) is 12.0. The molecule has 0 aliphatic carbocycles. The maximum atomic E-state index is 12.0. The number of nitrogens with one attached hydrogen (secondary N) is 2. The Morgan fingerprint density at radius 2 is 2.05 bits per heavy atom. The van der Waals surface area contributed by atoms with Crippen LogP contribution in [0.1, 0.15) is 12.5 Å². The first-order chi connectivity index (χ1) is 9.12. The van der Waals surface area contributed by atoms with Gasteiger partial charge in [0.05, 0.1) is 0 Å². The molecular weight excluding hydrogens is 262 g/mol. The molecule has 0 aliphatic heterocycles. The minimum absolute atomic E-state index is 0.266. The van der Waals surface area contributed by atoms with Gasteiger partial charge >= 0.3 is 0 Å². The Morgan fingerprint density at radius 1 is 1.42 bits per heavy atom. The van der Waals surface area contributed by atoms with Gasteiger partial charge in [0.15, 0.2) is 0 Å². The molecule has 0 aliphatic rings. The lowest BCUT2D eigenvalue weighted by atomic mass is 10.1. The van der Waals surface area contributed by atoms with Crippen molar-refractivity contribution in [2.45, 2.75) is 13.5 Å². The van der Waals surface area contributed by atoms with E-state index in [-0.39, 0.29) is 5.91 Å². The van der Waals surface area contributed by atoms with Gasteiger partial charge in [-0.05, 0) is 24.6 Å². The fourth-order valence-electron chi connectivity index (χ4n) is 1.52. The lowest BCUT2D eigenvalue weighted by Gasteiger charge is -2.09. The fraction of sp³-hybridized carbons (Fsp3) is 0.143. The first-order valence-electron chi connectivity index (χ1n) is 5.74. The van der Waals surface area contributed by atoms with Gasteiger partial charge in [-0.25, -0.2) is 0 Å². The van der Waals surface area contributed by atoms with Crippen LogP contribution in [-0.2, 0) is 11.3 Å². The maximum Gasteiger partial charge on any atom is 0.251 e. The highest BCUT2D eigenvalue weighted by Crippen LogP contribution is 2.10. The number of carbonyl (C=O) groups excluding carboxylic acids is 1.